The number of anilines is 1. The van der Waals surface area contributed by atoms with Crippen LogP contribution in [0.1, 0.15) is 11.1 Å². The highest BCUT2D eigenvalue weighted by Gasteiger charge is 2.29. The van der Waals surface area contributed by atoms with E-state index in [9.17, 15) is 22.8 Å². The zero-order valence-electron chi connectivity index (χ0n) is 12.9. The first-order valence-corrected chi connectivity index (χ1v) is 8.01. The van der Waals surface area contributed by atoms with Crippen molar-refractivity contribution in [3.8, 4) is 0 Å². The quantitative estimate of drug-likeness (QED) is 0.782. The zero-order chi connectivity index (χ0) is 18.4. The number of rotatable bonds is 5. The number of halogens is 4. The fraction of sp³-hybridized carbons (Fsp3) is 0.176. The molecule has 0 heterocycles. The Morgan fingerprint density at radius 3 is 2.08 bits per heavy atom. The fourth-order valence-corrected chi connectivity index (χ4v) is 2.24. The molecule has 2 rings (SSSR count). The topological polar surface area (TPSA) is 58.2 Å². The first kappa shape index (κ1) is 19.0. The van der Waals surface area contributed by atoms with E-state index in [0.29, 0.717) is 11.3 Å². The number of hydrogen-bond acceptors (Lipinski definition) is 2. The number of nitrogens with one attached hydrogen (secondary N) is 2. The molecule has 0 radical (unpaired) electrons. The van der Waals surface area contributed by atoms with Crippen molar-refractivity contribution in [2.75, 3.05) is 11.9 Å². The van der Waals surface area contributed by atoms with Gasteiger partial charge in [-0.15, -0.1) is 0 Å². The summed E-state index contributed by atoms with van der Waals surface area (Å²) >= 11 is 3.28. The van der Waals surface area contributed by atoms with Crippen LogP contribution in [0.25, 0.3) is 0 Å². The maximum Gasteiger partial charge on any atom is 0.416 e. The predicted molar refractivity (Wildman–Crippen MR) is 90.9 cm³/mol. The van der Waals surface area contributed by atoms with E-state index in [4.69, 9.17) is 0 Å². The average Bonchev–Trinajstić information content (AvgIpc) is 2.55. The number of benzene rings is 2. The standard InChI is InChI=1S/C17H14BrF3N2O2/c18-13-5-7-14(8-6-13)23-16(25)10-22-15(24)9-11-1-3-12(4-2-11)17(19,20)21/h1-8H,9-10H2,(H,22,24)(H,23,25). The van der Waals surface area contributed by atoms with E-state index in [1.54, 1.807) is 24.3 Å². The van der Waals surface area contributed by atoms with Crippen molar-refractivity contribution in [3.63, 3.8) is 0 Å². The molecule has 0 aliphatic carbocycles. The van der Waals surface area contributed by atoms with Crippen LogP contribution in [0.3, 0.4) is 0 Å². The van der Waals surface area contributed by atoms with Crippen molar-refractivity contribution in [3.05, 3.63) is 64.1 Å². The van der Waals surface area contributed by atoms with Gasteiger partial charge in [0.1, 0.15) is 0 Å². The molecule has 0 aliphatic heterocycles. The van der Waals surface area contributed by atoms with E-state index in [1.165, 1.54) is 12.1 Å². The molecule has 0 saturated carbocycles. The number of amides is 2. The third kappa shape index (κ3) is 6.22. The van der Waals surface area contributed by atoms with Gasteiger partial charge in [0, 0.05) is 10.2 Å². The molecule has 2 amide bonds. The van der Waals surface area contributed by atoms with E-state index in [1.807, 2.05) is 0 Å². The molecule has 25 heavy (non-hydrogen) atoms. The molecule has 2 aromatic carbocycles. The van der Waals surface area contributed by atoms with Crippen LogP contribution < -0.4 is 10.6 Å². The third-order valence-electron chi connectivity index (χ3n) is 3.22. The minimum atomic E-state index is -4.41. The summed E-state index contributed by atoms with van der Waals surface area (Å²) in [6.45, 7) is -0.227. The van der Waals surface area contributed by atoms with Gasteiger partial charge in [-0.05, 0) is 42.0 Å². The summed E-state index contributed by atoms with van der Waals surface area (Å²) < 4.78 is 38.3. The van der Waals surface area contributed by atoms with Gasteiger partial charge < -0.3 is 10.6 Å². The lowest BCUT2D eigenvalue weighted by molar-refractivity contribution is -0.137. The molecule has 0 fully saturated rings. The van der Waals surface area contributed by atoms with Crippen molar-refractivity contribution < 1.29 is 22.8 Å². The monoisotopic (exact) mass is 414 g/mol. The largest absolute Gasteiger partial charge is 0.416 e. The van der Waals surface area contributed by atoms with E-state index in [2.05, 4.69) is 26.6 Å². The first-order chi connectivity index (χ1) is 11.7. The van der Waals surface area contributed by atoms with Gasteiger partial charge in [-0.25, -0.2) is 0 Å². The van der Waals surface area contributed by atoms with Crippen molar-refractivity contribution in [1.82, 2.24) is 5.32 Å². The molecule has 2 aromatic rings. The predicted octanol–water partition coefficient (Wildman–Crippen LogP) is 3.77. The highest BCUT2D eigenvalue weighted by molar-refractivity contribution is 9.10. The van der Waals surface area contributed by atoms with Gasteiger partial charge in [0.15, 0.2) is 0 Å². The van der Waals surface area contributed by atoms with Crippen LogP contribution >= 0.6 is 15.9 Å². The van der Waals surface area contributed by atoms with E-state index in [0.717, 1.165) is 16.6 Å². The Hall–Kier alpha value is -2.35. The lowest BCUT2D eigenvalue weighted by Gasteiger charge is -2.09. The Balaban J connectivity index is 1.80. The molecule has 8 heteroatoms. The Bertz CT molecular complexity index is 744. The smallest absolute Gasteiger partial charge is 0.347 e. The third-order valence-corrected chi connectivity index (χ3v) is 3.75. The second-order valence-electron chi connectivity index (χ2n) is 5.20. The van der Waals surface area contributed by atoms with Crippen LogP contribution in [0.5, 0.6) is 0 Å². The SMILES string of the molecule is O=C(Cc1ccc(C(F)(F)F)cc1)NCC(=O)Nc1ccc(Br)cc1. The average molecular weight is 415 g/mol. The normalized spacial score (nSPS) is 11.0. The first-order valence-electron chi connectivity index (χ1n) is 7.22. The Morgan fingerprint density at radius 1 is 0.920 bits per heavy atom. The molecule has 0 atom stereocenters. The second-order valence-corrected chi connectivity index (χ2v) is 6.12. The van der Waals surface area contributed by atoms with Crippen LogP contribution in [-0.4, -0.2) is 18.4 Å². The van der Waals surface area contributed by atoms with Crippen LogP contribution in [0.4, 0.5) is 18.9 Å². The van der Waals surface area contributed by atoms with Crippen LogP contribution in [0.15, 0.2) is 53.0 Å². The van der Waals surface area contributed by atoms with Gasteiger partial charge in [0.2, 0.25) is 11.8 Å². The summed E-state index contributed by atoms with van der Waals surface area (Å²) in [6.07, 6.45) is -4.52. The molecule has 0 aromatic heterocycles. The summed E-state index contributed by atoms with van der Waals surface area (Å²) in [6, 6.07) is 11.2. The van der Waals surface area contributed by atoms with Gasteiger partial charge >= 0.3 is 6.18 Å². The summed E-state index contributed by atoms with van der Waals surface area (Å²) in [5, 5.41) is 5.04. The molecule has 132 valence electrons. The van der Waals surface area contributed by atoms with E-state index >= 15 is 0 Å². The molecular weight excluding hydrogens is 401 g/mol. The molecule has 0 spiro atoms. The molecule has 4 nitrogen and oxygen atoms in total. The summed E-state index contributed by atoms with van der Waals surface area (Å²) in [5.74, 6) is -0.853. The summed E-state index contributed by atoms with van der Waals surface area (Å²) in [7, 11) is 0. The van der Waals surface area contributed by atoms with E-state index < -0.39 is 23.6 Å². The van der Waals surface area contributed by atoms with Crippen molar-refractivity contribution in [2.45, 2.75) is 12.6 Å². The number of carbonyl (C=O) groups is 2. The van der Waals surface area contributed by atoms with Gasteiger partial charge in [-0.2, -0.15) is 13.2 Å². The lowest BCUT2D eigenvalue weighted by Crippen LogP contribution is -2.33. The minimum Gasteiger partial charge on any atom is -0.347 e. The van der Waals surface area contributed by atoms with Gasteiger partial charge in [-0.3, -0.25) is 9.59 Å². The van der Waals surface area contributed by atoms with Crippen molar-refractivity contribution in [2.24, 2.45) is 0 Å². The molecule has 2 N–H and O–H groups in total. The number of hydrogen-bond donors (Lipinski definition) is 2. The zero-order valence-corrected chi connectivity index (χ0v) is 14.4. The maximum absolute atomic E-state index is 12.5. The highest BCUT2D eigenvalue weighted by Crippen LogP contribution is 2.29. The Kier molecular flexibility index (Phi) is 6.19. The van der Waals surface area contributed by atoms with Crippen molar-refractivity contribution in [1.29, 1.82) is 0 Å². The molecular formula is C17H14BrF3N2O2. The molecule has 0 aliphatic rings. The van der Waals surface area contributed by atoms with Crippen LogP contribution in [0.2, 0.25) is 0 Å². The van der Waals surface area contributed by atoms with Crippen molar-refractivity contribution >= 4 is 33.4 Å². The van der Waals surface area contributed by atoms with E-state index in [-0.39, 0.29) is 13.0 Å². The molecule has 0 unspecified atom stereocenters. The highest BCUT2D eigenvalue weighted by atomic mass is 79.9. The van der Waals surface area contributed by atoms with Gasteiger partial charge in [0.05, 0.1) is 18.5 Å². The maximum atomic E-state index is 12.5. The molecule has 0 saturated heterocycles. The summed E-state index contributed by atoms with van der Waals surface area (Å²) in [5.41, 5.74) is 0.245. The fourth-order valence-electron chi connectivity index (χ4n) is 1.98. The Morgan fingerprint density at radius 2 is 1.52 bits per heavy atom. The minimum absolute atomic E-state index is 0.107. The lowest BCUT2D eigenvalue weighted by atomic mass is 10.1. The van der Waals surface area contributed by atoms with Crippen LogP contribution in [0, 0.1) is 0 Å². The number of alkyl halides is 3. The molecule has 0 bridgehead atoms. The summed E-state index contributed by atoms with van der Waals surface area (Å²) in [4.78, 5) is 23.5. The second kappa shape index (κ2) is 8.15. The number of carbonyl (C=O) groups excluding carboxylic acids is 2. The van der Waals surface area contributed by atoms with Gasteiger partial charge in [-0.1, -0.05) is 28.1 Å². The Labute approximate surface area is 150 Å². The van der Waals surface area contributed by atoms with Gasteiger partial charge in [0.25, 0.3) is 0 Å². The van der Waals surface area contributed by atoms with Crippen LogP contribution in [-0.2, 0) is 22.2 Å².